The molecule has 0 radical (unpaired) electrons. The molecule has 1 fully saturated rings. The maximum absolute atomic E-state index is 13.8. The fraction of sp³-hybridized carbons (Fsp3) is 0.295. The van der Waals surface area contributed by atoms with E-state index >= 15 is 0 Å². The van der Waals surface area contributed by atoms with E-state index in [9.17, 15) is 14.7 Å². The van der Waals surface area contributed by atoms with Gasteiger partial charge < -0.3 is 19.3 Å². The highest BCUT2D eigenvalue weighted by Crippen LogP contribution is 2.63. The SMILES string of the molecule is CONc1ncnc2c1ncn2[C@]1(C(c2ccccc2)(c2ccccc2)c2ccccc2)O[C@H](COC(=O)c2ccccc2C(=O)O)[C@@H](OC(C)(C)C)[C@H]1[SiH](C)C. The number of hydrogen-bond acceptors (Lipinski definition) is 10. The zero-order valence-electron chi connectivity index (χ0n) is 32.8. The number of nitrogens with zero attached hydrogens (tertiary/aromatic N) is 4. The third kappa shape index (κ3) is 7.01. The number of hydrogen-bond donors (Lipinski definition) is 2. The van der Waals surface area contributed by atoms with Crippen LogP contribution in [0.1, 0.15) is 58.2 Å². The summed E-state index contributed by atoms with van der Waals surface area (Å²) in [5, 5.41) is 9.91. The average Bonchev–Trinajstić information content (AvgIpc) is 3.78. The van der Waals surface area contributed by atoms with Crippen molar-refractivity contribution in [3.63, 3.8) is 0 Å². The lowest BCUT2D eigenvalue weighted by atomic mass is 9.61. The zero-order valence-corrected chi connectivity index (χ0v) is 34.0. The van der Waals surface area contributed by atoms with Gasteiger partial charge in [-0.2, -0.15) is 0 Å². The minimum absolute atomic E-state index is 0.0555. The number of aromatic nitrogens is 4. The van der Waals surface area contributed by atoms with Crippen LogP contribution in [0, 0.1) is 0 Å². The summed E-state index contributed by atoms with van der Waals surface area (Å²) in [4.78, 5) is 45.5. The fourth-order valence-electron chi connectivity index (χ4n) is 8.60. The highest BCUT2D eigenvalue weighted by atomic mass is 28.3. The average molecular weight is 786 g/mol. The topological polar surface area (TPSA) is 147 Å². The van der Waals surface area contributed by atoms with Gasteiger partial charge in [-0.1, -0.05) is 116 Å². The number of benzene rings is 4. The van der Waals surface area contributed by atoms with Crippen molar-refractivity contribution in [3.8, 4) is 0 Å². The van der Waals surface area contributed by atoms with Gasteiger partial charge in [0.2, 0.25) is 0 Å². The second-order valence-electron chi connectivity index (χ2n) is 15.4. The first-order valence-corrected chi connectivity index (χ1v) is 21.9. The Morgan fingerprint density at radius 2 is 1.37 bits per heavy atom. The lowest BCUT2D eigenvalue weighted by Crippen LogP contribution is -2.59. The molecule has 4 aromatic carbocycles. The molecule has 1 saturated heterocycles. The molecule has 0 bridgehead atoms. The van der Waals surface area contributed by atoms with Gasteiger partial charge >= 0.3 is 11.9 Å². The second kappa shape index (κ2) is 16.0. The van der Waals surface area contributed by atoms with E-state index in [0.717, 1.165) is 16.7 Å². The Kier molecular flexibility index (Phi) is 11.1. The van der Waals surface area contributed by atoms with Crippen molar-refractivity contribution in [3.05, 3.63) is 156 Å². The number of rotatable bonds is 13. The highest BCUT2D eigenvalue weighted by molar-refractivity contribution is 6.58. The predicted octanol–water partition coefficient (Wildman–Crippen LogP) is 7.48. The van der Waals surface area contributed by atoms with Crippen LogP contribution in [0.25, 0.3) is 11.2 Å². The Hall–Kier alpha value is -5.73. The minimum Gasteiger partial charge on any atom is -0.478 e. The van der Waals surface area contributed by atoms with Gasteiger partial charge in [-0.25, -0.2) is 30.0 Å². The normalized spacial score (nSPS) is 19.8. The van der Waals surface area contributed by atoms with Gasteiger partial charge in [-0.05, 0) is 49.6 Å². The van der Waals surface area contributed by atoms with E-state index in [-0.39, 0.29) is 23.3 Å². The molecule has 3 heterocycles. The van der Waals surface area contributed by atoms with Gasteiger partial charge in [-0.15, -0.1) is 0 Å². The van der Waals surface area contributed by atoms with E-state index < -0.39 is 49.7 Å². The molecule has 57 heavy (non-hydrogen) atoms. The molecule has 7 rings (SSSR count). The summed E-state index contributed by atoms with van der Waals surface area (Å²) in [5.41, 5.74) is 2.87. The number of carboxylic acids is 1. The van der Waals surface area contributed by atoms with Gasteiger partial charge in [0.05, 0.1) is 41.7 Å². The lowest BCUT2D eigenvalue weighted by Gasteiger charge is -2.53. The molecule has 0 spiro atoms. The van der Waals surface area contributed by atoms with Crippen LogP contribution < -0.4 is 5.48 Å². The molecule has 0 saturated carbocycles. The second-order valence-corrected chi connectivity index (χ2v) is 18.6. The molecule has 4 atom stereocenters. The Bertz CT molecular complexity index is 2240. The Morgan fingerprint density at radius 3 is 1.88 bits per heavy atom. The third-order valence-corrected chi connectivity index (χ3v) is 12.8. The smallest absolute Gasteiger partial charge is 0.339 e. The molecule has 6 aromatic rings. The van der Waals surface area contributed by atoms with E-state index in [2.05, 4.69) is 60.0 Å². The van der Waals surface area contributed by atoms with Crippen LogP contribution in [-0.4, -0.2) is 76.9 Å². The van der Waals surface area contributed by atoms with Gasteiger partial charge in [0.25, 0.3) is 0 Å². The van der Waals surface area contributed by atoms with E-state index in [4.69, 9.17) is 29.0 Å². The number of carboxylic acid groups (broad SMARTS) is 1. The van der Waals surface area contributed by atoms with Crippen molar-refractivity contribution in [1.29, 1.82) is 0 Å². The molecule has 2 N–H and O–H groups in total. The quantitative estimate of drug-likeness (QED) is 0.0520. The molecule has 1 aliphatic rings. The molecule has 0 amide bonds. The van der Waals surface area contributed by atoms with Crippen LogP contribution in [0.5, 0.6) is 0 Å². The zero-order chi connectivity index (χ0) is 40.4. The van der Waals surface area contributed by atoms with Crippen molar-refractivity contribution in [2.45, 2.75) is 68.4 Å². The number of aromatic carboxylic acids is 1. The maximum atomic E-state index is 13.8. The van der Waals surface area contributed by atoms with Crippen LogP contribution in [0.2, 0.25) is 18.6 Å². The number of nitrogens with one attached hydrogen (secondary N) is 1. The number of carbonyl (C=O) groups is 2. The number of carbonyl (C=O) groups excluding carboxylic acids is 1. The first-order valence-electron chi connectivity index (χ1n) is 18.9. The molecule has 1 aliphatic heterocycles. The number of imidazole rings is 1. The Morgan fingerprint density at radius 1 is 0.825 bits per heavy atom. The largest absolute Gasteiger partial charge is 0.478 e. The van der Waals surface area contributed by atoms with Crippen LogP contribution >= 0.6 is 0 Å². The van der Waals surface area contributed by atoms with E-state index in [1.165, 1.54) is 25.6 Å². The molecule has 12 nitrogen and oxygen atoms in total. The molecule has 294 valence electrons. The number of ether oxygens (including phenoxy) is 3. The highest BCUT2D eigenvalue weighted by Gasteiger charge is 2.70. The Balaban J connectivity index is 1.58. The monoisotopic (exact) mass is 785 g/mol. The molecule has 2 aromatic heterocycles. The van der Waals surface area contributed by atoms with Crippen molar-refractivity contribution >= 4 is 37.7 Å². The van der Waals surface area contributed by atoms with Crippen molar-refractivity contribution < 1.29 is 33.7 Å². The van der Waals surface area contributed by atoms with Crippen molar-refractivity contribution in [2.75, 3.05) is 19.2 Å². The van der Waals surface area contributed by atoms with Gasteiger partial charge in [0, 0.05) is 14.3 Å². The van der Waals surface area contributed by atoms with Crippen molar-refractivity contribution in [1.82, 2.24) is 19.5 Å². The van der Waals surface area contributed by atoms with Crippen molar-refractivity contribution in [2.24, 2.45) is 0 Å². The summed E-state index contributed by atoms with van der Waals surface area (Å²) in [5.74, 6) is -1.63. The Labute approximate surface area is 333 Å². The summed E-state index contributed by atoms with van der Waals surface area (Å²) in [6, 6.07) is 36.8. The van der Waals surface area contributed by atoms with Gasteiger partial charge in [-0.3, -0.25) is 9.40 Å². The number of fused-ring (bicyclic) bond motifs is 1. The molecule has 0 unspecified atom stereocenters. The number of anilines is 1. The first kappa shape index (κ1) is 39.5. The fourth-order valence-corrected chi connectivity index (χ4v) is 11.1. The predicted molar refractivity (Wildman–Crippen MR) is 219 cm³/mol. The van der Waals surface area contributed by atoms with Gasteiger partial charge in [0.1, 0.15) is 19.0 Å². The first-order chi connectivity index (χ1) is 27.4. The standard InChI is InChI=1S/C44H47N5O7Si/c1-42(2,3)56-36-34(26-54-41(52)33-25-17-16-24-32(33)40(50)51)55-44(37(36)57(5)6,49-28-47-35-38(48-53-4)45-27-46-39(35)49)43(29-18-10-7-11-19-29,30-20-12-8-13-21-30)31-22-14-9-15-23-31/h7-25,27-28,34,36-37,57H,26H2,1-6H3,(H,50,51)(H,45,46,48)/t34-,36-,37-,44+/m1/s1. The van der Waals surface area contributed by atoms with Crippen LogP contribution in [0.15, 0.2) is 128 Å². The summed E-state index contributed by atoms with van der Waals surface area (Å²) in [6.45, 7) is 10.3. The third-order valence-electron chi connectivity index (χ3n) is 10.5. The summed E-state index contributed by atoms with van der Waals surface area (Å²) < 4.78 is 23.1. The maximum Gasteiger partial charge on any atom is 0.339 e. The summed E-state index contributed by atoms with van der Waals surface area (Å²) in [6.07, 6.45) is 1.73. The van der Waals surface area contributed by atoms with E-state index in [1.54, 1.807) is 18.5 Å². The van der Waals surface area contributed by atoms with E-state index in [0.29, 0.717) is 17.0 Å². The molecule has 0 aliphatic carbocycles. The molecule has 13 heteroatoms. The van der Waals surface area contributed by atoms with E-state index in [1.807, 2.05) is 79.9 Å². The van der Waals surface area contributed by atoms with Gasteiger partial charge in [0.15, 0.2) is 22.7 Å². The van der Waals surface area contributed by atoms with Crippen LogP contribution in [-0.2, 0) is 30.2 Å². The number of esters is 1. The van der Waals surface area contributed by atoms with Crippen LogP contribution in [0.4, 0.5) is 5.82 Å². The lowest BCUT2D eigenvalue weighted by molar-refractivity contribution is -0.152. The molecular weight excluding hydrogens is 739 g/mol. The minimum atomic E-state index is -1.99. The summed E-state index contributed by atoms with van der Waals surface area (Å²) in [7, 11) is -0.479. The van der Waals surface area contributed by atoms with Crippen LogP contribution in [0.3, 0.4) is 0 Å². The summed E-state index contributed by atoms with van der Waals surface area (Å²) >= 11 is 0. The molecular formula is C44H47N5O7Si.